The summed E-state index contributed by atoms with van der Waals surface area (Å²) in [7, 11) is 0. The third-order valence-corrected chi connectivity index (χ3v) is 8.10. The second-order valence-corrected chi connectivity index (χ2v) is 10.5. The maximum atomic E-state index is 12.3. The first kappa shape index (κ1) is 22.5. The molecule has 4 aliphatic rings. The molecule has 182 valence electrons. The van der Waals surface area contributed by atoms with Gasteiger partial charge in [-0.25, -0.2) is 14.2 Å². The lowest BCUT2D eigenvalue weighted by atomic mass is 9.64. The van der Waals surface area contributed by atoms with Crippen LogP contribution in [0.3, 0.4) is 0 Å². The molecule has 0 spiro atoms. The standard InChI is InChI=1S/C30H28N2O4/c1-30(2)25-16-19(31-11-3-12-31)6-9-22(25)27(23-10-7-20(17-26(23)30)32-13-4-14-32)24-15-18(28(33)34)5-8-21(24)29(35)36/h5-10,15-17H,3-4,11-14H2,1-2H3,(H-,33,34,35,36)/p+1. The summed E-state index contributed by atoms with van der Waals surface area (Å²) in [5, 5.41) is 19.8. The van der Waals surface area contributed by atoms with Gasteiger partial charge in [-0.3, -0.25) is 0 Å². The van der Waals surface area contributed by atoms with Crippen LogP contribution in [0.2, 0.25) is 0 Å². The summed E-state index contributed by atoms with van der Waals surface area (Å²) in [6.07, 6.45) is 8.81. The van der Waals surface area contributed by atoms with Crippen LogP contribution in [0.5, 0.6) is 0 Å². The summed E-state index contributed by atoms with van der Waals surface area (Å²) in [4.78, 5) is 26.5. The summed E-state index contributed by atoms with van der Waals surface area (Å²) in [5.74, 6) is -2.15. The molecule has 2 heterocycles. The van der Waals surface area contributed by atoms with Gasteiger partial charge in [0, 0.05) is 36.3 Å². The van der Waals surface area contributed by atoms with Crippen LogP contribution in [0.25, 0.3) is 5.57 Å². The van der Waals surface area contributed by atoms with Crippen LogP contribution in [0.1, 0.15) is 64.1 Å². The molecule has 2 aromatic carbocycles. The molecule has 2 fully saturated rings. The van der Waals surface area contributed by atoms with Crippen molar-refractivity contribution in [1.29, 1.82) is 0 Å². The van der Waals surface area contributed by atoms with Crippen molar-refractivity contribution in [2.75, 3.05) is 31.1 Å². The van der Waals surface area contributed by atoms with E-state index in [0.29, 0.717) is 5.56 Å². The quantitative estimate of drug-likeness (QED) is 0.617. The number of fused-ring (bicyclic) bond motifs is 2. The highest BCUT2D eigenvalue weighted by Gasteiger charge is 2.40. The van der Waals surface area contributed by atoms with Crippen molar-refractivity contribution in [2.24, 2.45) is 0 Å². The second-order valence-electron chi connectivity index (χ2n) is 10.5. The van der Waals surface area contributed by atoms with Crippen LogP contribution in [-0.4, -0.2) is 58.6 Å². The number of carboxylic acid groups (broad SMARTS) is 2. The first-order valence-corrected chi connectivity index (χ1v) is 12.5. The maximum Gasteiger partial charge on any atom is 0.336 e. The van der Waals surface area contributed by atoms with Crippen molar-refractivity contribution in [3.05, 3.63) is 93.6 Å². The molecule has 0 bridgehead atoms. The van der Waals surface area contributed by atoms with Gasteiger partial charge in [0.1, 0.15) is 13.1 Å². The first-order valence-electron chi connectivity index (χ1n) is 12.5. The van der Waals surface area contributed by atoms with Gasteiger partial charge in [0.25, 0.3) is 0 Å². The minimum atomic E-state index is -1.08. The molecule has 0 unspecified atom stereocenters. The van der Waals surface area contributed by atoms with Crippen LogP contribution in [0, 0.1) is 0 Å². The van der Waals surface area contributed by atoms with Crippen LogP contribution in [-0.2, 0) is 5.41 Å². The van der Waals surface area contributed by atoms with Crippen LogP contribution in [0.4, 0.5) is 5.69 Å². The Balaban J connectivity index is 1.67. The summed E-state index contributed by atoms with van der Waals surface area (Å²) in [6.45, 7) is 8.61. The Morgan fingerprint density at radius 3 is 2.31 bits per heavy atom. The Morgan fingerprint density at radius 2 is 1.69 bits per heavy atom. The molecule has 2 aliphatic heterocycles. The fourth-order valence-electron chi connectivity index (χ4n) is 5.73. The number of benzene rings is 2. The smallest absolute Gasteiger partial charge is 0.336 e. The molecule has 2 saturated heterocycles. The van der Waals surface area contributed by atoms with Crippen molar-refractivity contribution in [3.8, 4) is 0 Å². The van der Waals surface area contributed by atoms with E-state index in [-0.39, 0.29) is 16.5 Å². The lowest BCUT2D eigenvalue weighted by molar-refractivity contribution is -0.582. The number of anilines is 1. The Labute approximate surface area is 210 Å². The van der Waals surface area contributed by atoms with Crippen LogP contribution in [0.15, 0.2) is 65.8 Å². The number of aromatic carboxylic acids is 2. The molecular formula is C30H29N2O4+. The molecule has 36 heavy (non-hydrogen) atoms. The fourth-order valence-corrected chi connectivity index (χ4v) is 5.73. The molecule has 2 aliphatic carbocycles. The van der Waals surface area contributed by atoms with E-state index < -0.39 is 11.9 Å². The lowest BCUT2D eigenvalue weighted by Crippen LogP contribution is -2.38. The zero-order valence-electron chi connectivity index (χ0n) is 20.5. The summed E-state index contributed by atoms with van der Waals surface area (Å²) in [5.41, 5.74) is 7.61. The molecule has 0 amide bonds. The van der Waals surface area contributed by atoms with Crippen molar-refractivity contribution in [1.82, 2.24) is 0 Å². The van der Waals surface area contributed by atoms with Gasteiger partial charge < -0.3 is 15.1 Å². The van der Waals surface area contributed by atoms with E-state index in [9.17, 15) is 19.8 Å². The number of nitrogens with zero attached hydrogens (tertiary/aromatic N) is 2. The van der Waals surface area contributed by atoms with E-state index in [1.54, 1.807) is 0 Å². The molecule has 2 aromatic rings. The van der Waals surface area contributed by atoms with E-state index in [0.717, 1.165) is 54.0 Å². The normalized spacial score (nSPS) is 19.7. The fraction of sp³-hybridized carbons (Fsp3) is 0.300. The first-order chi connectivity index (χ1) is 17.3. The lowest BCUT2D eigenvalue weighted by Gasteiger charge is -2.41. The average molecular weight is 482 g/mol. The monoisotopic (exact) mass is 481 g/mol. The zero-order chi connectivity index (χ0) is 25.2. The van der Waals surface area contributed by atoms with Gasteiger partial charge >= 0.3 is 11.9 Å². The maximum absolute atomic E-state index is 12.3. The van der Waals surface area contributed by atoms with Crippen molar-refractivity contribution in [2.45, 2.75) is 32.1 Å². The molecule has 0 radical (unpaired) electrons. The van der Waals surface area contributed by atoms with Crippen molar-refractivity contribution in [3.63, 3.8) is 0 Å². The van der Waals surface area contributed by atoms with Crippen molar-refractivity contribution >= 4 is 28.9 Å². The van der Waals surface area contributed by atoms with Gasteiger partial charge in [-0.15, -0.1) is 0 Å². The third-order valence-electron chi connectivity index (χ3n) is 8.10. The summed E-state index contributed by atoms with van der Waals surface area (Å²) in [6, 6.07) is 10.7. The molecule has 0 aromatic heterocycles. The highest BCUT2D eigenvalue weighted by molar-refractivity contribution is 6.08. The Morgan fingerprint density at radius 1 is 0.917 bits per heavy atom. The number of hydrogen-bond acceptors (Lipinski definition) is 3. The van der Waals surface area contributed by atoms with Gasteiger partial charge in [-0.05, 0) is 76.2 Å². The Hall–Kier alpha value is -3.93. The number of carbonyl (C=O) groups is 2. The minimum Gasteiger partial charge on any atom is -0.478 e. The van der Waals surface area contributed by atoms with Crippen molar-refractivity contribution < 1.29 is 24.4 Å². The van der Waals surface area contributed by atoms with E-state index in [4.69, 9.17) is 0 Å². The molecule has 0 saturated carbocycles. The highest BCUT2D eigenvalue weighted by atomic mass is 16.4. The molecule has 6 heteroatoms. The predicted molar refractivity (Wildman–Crippen MR) is 140 cm³/mol. The van der Waals surface area contributed by atoms with Crippen LogP contribution >= 0.6 is 0 Å². The molecule has 6 nitrogen and oxygen atoms in total. The summed E-state index contributed by atoms with van der Waals surface area (Å²) < 4.78 is 2.36. The van der Waals surface area contributed by atoms with E-state index >= 15 is 0 Å². The van der Waals surface area contributed by atoms with Crippen LogP contribution < -0.4 is 4.90 Å². The number of rotatable bonds is 4. The Bertz CT molecular complexity index is 1460. The highest BCUT2D eigenvalue weighted by Crippen LogP contribution is 2.51. The second kappa shape index (κ2) is 8.05. The molecule has 2 N–H and O–H groups in total. The van der Waals surface area contributed by atoms with E-state index in [2.05, 4.69) is 59.8 Å². The average Bonchev–Trinajstić information content (AvgIpc) is 2.77. The minimum absolute atomic E-state index is 0.0739. The van der Waals surface area contributed by atoms with Gasteiger partial charge in [-0.1, -0.05) is 19.9 Å². The predicted octanol–water partition coefficient (Wildman–Crippen LogP) is 4.74. The van der Waals surface area contributed by atoms with Gasteiger partial charge in [0.2, 0.25) is 0 Å². The third kappa shape index (κ3) is 3.35. The zero-order valence-corrected chi connectivity index (χ0v) is 20.5. The van der Waals surface area contributed by atoms with E-state index in [1.807, 2.05) is 0 Å². The largest absolute Gasteiger partial charge is 0.478 e. The number of hydrogen-bond donors (Lipinski definition) is 2. The van der Waals surface area contributed by atoms with Gasteiger partial charge in [0.15, 0.2) is 5.71 Å². The SMILES string of the molecule is CC1(C)C2=CC(=[N+]3CCC3)C=CC2=C(c2cc(C(=O)O)ccc2C(=O)O)c2ccc(N3CCC3)cc21. The Kier molecular flexibility index (Phi) is 5.04. The molecule has 0 atom stereocenters. The summed E-state index contributed by atoms with van der Waals surface area (Å²) >= 11 is 0. The number of carboxylic acids is 2. The topological polar surface area (TPSA) is 80.8 Å². The van der Waals surface area contributed by atoms with Gasteiger partial charge in [0.05, 0.1) is 17.5 Å². The molecule has 6 rings (SSSR count). The number of allylic oxidation sites excluding steroid dienone is 5. The molecular weight excluding hydrogens is 452 g/mol. The van der Waals surface area contributed by atoms with E-state index in [1.165, 1.54) is 42.4 Å². The van der Waals surface area contributed by atoms with Gasteiger partial charge in [-0.2, -0.15) is 0 Å².